The zero-order valence-corrected chi connectivity index (χ0v) is 15.7. The van der Waals surface area contributed by atoms with Crippen LogP contribution >= 0.6 is 0 Å². The number of aliphatic hydroxyl groups is 1. The summed E-state index contributed by atoms with van der Waals surface area (Å²) in [6, 6.07) is 19.6. The number of nitrogens with zero attached hydrogens (tertiary/aromatic N) is 2. The van der Waals surface area contributed by atoms with Gasteiger partial charge in [-0.1, -0.05) is 42.5 Å². The van der Waals surface area contributed by atoms with Gasteiger partial charge < -0.3 is 15.4 Å². The van der Waals surface area contributed by atoms with Crippen molar-refractivity contribution in [3.63, 3.8) is 0 Å². The first-order chi connectivity index (χ1) is 13.6. The summed E-state index contributed by atoms with van der Waals surface area (Å²) in [6.45, 7) is 10.1. The van der Waals surface area contributed by atoms with E-state index in [9.17, 15) is 5.11 Å². The van der Waals surface area contributed by atoms with Gasteiger partial charge in [0.25, 0.3) is 0 Å². The summed E-state index contributed by atoms with van der Waals surface area (Å²) >= 11 is 0. The van der Waals surface area contributed by atoms with E-state index >= 15 is 0 Å². The van der Waals surface area contributed by atoms with Gasteiger partial charge in [0.05, 0.1) is 13.2 Å². The Morgan fingerprint density at radius 2 is 1.79 bits per heavy atom. The molecule has 0 fully saturated rings. The van der Waals surface area contributed by atoms with Crippen molar-refractivity contribution in [1.29, 1.82) is 0 Å². The predicted octanol–water partition coefficient (Wildman–Crippen LogP) is 5.29. The first kappa shape index (κ1) is 17.8. The van der Waals surface area contributed by atoms with Gasteiger partial charge in [-0.3, -0.25) is 0 Å². The molecule has 0 aliphatic rings. The van der Waals surface area contributed by atoms with Crippen molar-refractivity contribution in [3.8, 4) is 11.1 Å². The third-order valence-corrected chi connectivity index (χ3v) is 5.29. The number of nitrogens with two attached hydrogens (primary N) is 1. The van der Waals surface area contributed by atoms with E-state index in [4.69, 9.17) is 12.3 Å². The van der Waals surface area contributed by atoms with Crippen LogP contribution in [0, 0.1) is 13.5 Å². The van der Waals surface area contributed by atoms with Gasteiger partial charge in [-0.15, -0.1) is 0 Å². The standard InChI is InChI=1S/C24H21N3O/c1-16-20(8-5-9-23(16)25)22-14-27(13-17-6-3-4-7-18(17)15-28)24-11-10-19(26-2)12-21(22)24/h3-12,14,28H,13,15,25H2,1H3. The molecule has 0 atom stereocenters. The SMILES string of the molecule is [C-]#[N+]c1ccc2c(c1)c(-c1cccc(N)c1C)cn2Cc1ccccc1CO. The maximum atomic E-state index is 9.67. The molecular weight excluding hydrogens is 346 g/mol. The highest BCUT2D eigenvalue weighted by Crippen LogP contribution is 2.36. The molecule has 4 aromatic rings. The molecule has 0 saturated heterocycles. The largest absolute Gasteiger partial charge is 0.398 e. The molecule has 0 saturated carbocycles. The molecule has 4 heteroatoms. The molecular formula is C24H21N3O. The molecule has 1 aromatic heterocycles. The lowest BCUT2D eigenvalue weighted by Crippen LogP contribution is -2.01. The van der Waals surface area contributed by atoms with Crippen molar-refractivity contribution in [2.24, 2.45) is 0 Å². The van der Waals surface area contributed by atoms with Crippen LogP contribution in [0.2, 0.25) is 0 Å². The van der Waals surface area contributed by atoms with Crippen LogP contribution in [0.1, 0.15) is 16.7 Å². The highest BCUT2D eigenvalue weighted by atomic mass is 16.3. The lowest BCUT2D eigenvalue weighted by molar-refractivity contribution is 0.280. The summed E-state index contributed by atoms with van der Waals surface area (Å²) < 4.78 is 2.18. The Bertz CT molecular complexity index is 1210. The van der Waals surface area contributed by atoms with Gasteiger partial charge in [0.15, 0.2) is 5.69 Å². The Labute approximate surface area is 164 Å². The number of fused-ring (bicyclic) bond motifs is 1. The average molecular weight is 367 g/mol. The third kappa shape index (κ3) is 3.02. The van der Waals surface area contributed by atoms with Crippen LogP contribution in [0.5, 0.6) is 0 Å². The van der Waals surface area contributed by atoms with Crippen LogP contribution in [0.25, 0.3) is 26.9 Å². The van der Waals surface area contributed by atoms with E-state index in [0.717, 1.165) is 44.4 Å². The minimum atomic E-state index is 0.0123. The van der Waals surface area contributed by atoms with Gasteiger partial charge in [-0.25, -0.2) is 4.85 Å². The highest BCUT2D eigenvalue weighted by Gasteiger charge is 2.14. The van der Waals surface area contributed by atoms with Crippen LogP contribution < -0.4 is 5.73 Å². The van der Waals surface area contributed by atoms with E-state index in [1.54, 1.807) is 0 Å². The number of nitrogen functional groups attached to an aromatic ring is 1. The van der Waals surface area contributed by atoms with Gasteiger partial charge in [-0.2, -0.15) is 0 Å². The van der Waals surface area contributed by atoms with Crippen LogP contribution in [0.4, 0.5) is 11.4 Å². The molecule has 0 aliphatic heterocycles. The van der Waals surface area contributed by atoms with Gasteiger partial charge >= 0.3 is 0 Å². The van der Waals surface area contributed by atoms with Crippen molar-refractivity contribution < 1.29 is 5.11 Å². The Balaban J connectivity index is 1.94. The summed E-state index contributed by atoms with van der Waals surface area (Å²) in [6.07, 6.45) is 2.12. The fourth-order valence-electron chi connectivity index (χ4n) is 3.69. The van der Waals surface area contributed by atoms with Crippen LogP contribution in [-0.2, 0) is 13.2 Å². The first-order valence-corrected chi connectivity index (χ1v) is 9.16. The summed E-state index contributed by atoms with van der Waals surface area (Å²) in [7, 11) is 0. The Morgan fingerprint density at radius 1 is 1.00 bits per heavy atom. The quantitative estimate of drug-likeness (QED) is 0.380. The van der Waals surface area contributed by atoms with Crippen LogP contribution in [0.3, 0.4) is 0 Å². The van der Waals surface area contributed by atoms with Gasteiger partial charge in [-0.05, 0) is 52.8 Å². The zero-order valence-electron chi connectivity index (χ0n) is 15.7. The molecule has 3 aromatic carbocycles. The van der Waals surface area contributed by atoms with Gasteiger partial charge in [0.2, 0.25) is 0 Å². The molecule has 138 valence electrons. The molecule has 0 radical (unpaired) electrons. The smallest absolute Gasteiger partial charge is 0.188 e. The number of hydrogen-bond acceptors (Lipinski definition) is 2. The van der Waals surface area contributed by atoms with Crippen molar-refractivity contribution in [2.45, 2.75) is 20.1 Å². The van der Waals surface area contributed by atoms with E-state index in [1.807, 2.05) is 61.5 Å². The molecule has 4 rings (SSSR count). The molecule has 4 nitrogen and oxygen atoms in total. The van der Waals surface area contributed by atoms with E-state index in [2.05, 4.69) is 21.7 Å². The minimum Gasteiger partial charge on any atom is -0.398 e. The molecule has 0 bridgehead atoms. The van der Waals surface area contributed by atoms with Crippen molar-refractivity contribution >= 4 is 22.3 Å². The first-order valence-electron chi connectivity index (χ1n) is 9.16. The second kappa shape index (κ2) is 7.22. The molecule has 28 heavy (non-hydrogen) atoms. The fraction of sp³-hybridized carbons (Fsp3) is 0.125. The zero-order chi connectivity index (χ0) is 19.7. The molecule has 0 unspecified atom stereocenters. The van der Waals surface area contributed by atoms with E-state index < -0.39 is 0 Å². The van der Waals surface area contributed by atoms with Crippen LogP contribution in [-0.4, -0.2) is 9.67 Å². The van der Waals surface area contributed by atoms with E-state index in [0.29, 0.717) is 12.2 Å². The topological polar surface area (TPSA) is 55.5 Å². The van der Waals surface area contributed by atoms with Crippen molar-refractivity contribution in [3.05, 3.63) is 95.0 Å². The minimum absolute atomic E-state index is 0.0123. The van der Waals surface area contributed by atoms with Crippen molar-refractivity contribution in [1.82, 2.24) is 4.57 Å². The molecule has 3 N–H and O–H groups in total. The number of anilines is 1. The summed E-state index contributed by atoms with van der Waals surface area (Å²) in [4.78, 5) is 3.60. The molecule has 1 heterocycles. The van der Waals surface area contributed by atoms with E-state index in [-0.39, 0.29) is 6.61 Å². The fourth-order valence-corrected chi connectivity index (χ4v) is 3.69. The number of rotatable bonds is 4. The van der Waals surface area contributed by atoms with E-state index in [1.165, 1.54) is 0 Å². The Kier molecular flexibility index (Phi) is 4.60. The molecule has 0 spiro atoms. The average Bonchev–Trinajstić information content (AvgIpc) is 3.08. The lowest BCUT2D eigenvalue weighted by atomic mass is 9.99. The second-order valence-corrected chi connectivity index (χ2v) is 6.93. The number of aromatic nitrogens is 1. The number of hydrogen-bond donors (Lipinski definition) is 2. The van der Waals surface area contributed by atoms with Crippen molar-refractivity contribution in [2.75, 3.05) is 5.73 Å². The maximum Gasteiger partial charge on any atom is 0.188 e. The predicted molar refractivity (Wildman–Crippen MR) is 114 cm³/mol. The summed E-state index contributed by atoms with van der Waals surface area (Å²) in [5.74, 6) is 0. The lowest BCUT2D eigenvalue weighted by Gasteiger charge is -2.10. The Hall–Kier alpha value is -3.55. The Morgan fingerprint density at radius 3 is 2.54 bits per heavy atom. The molecule has 0 aliphatic carbocycles. The van der Waals surface area contributed by atoms with Crippen LogP contribution in [0.15, 0.2) is 66.9 Å². The van der Waals surface area contributed by atoms with Gasteiger partial charge in [0.1, 0.15) is 0 Å². The third-order valence-electron chi connectivity index (χ3n) is 5.29. The monoisotopic (exact) mass is 367 g/mol. The maximum absolute atomic E-state index is 9.67. The molecule has 0 amide bonds. The second-order valence-electron chi connectivity index (χ2n) is 6.93. The summed E-state index contributed by atoms with van der Waals surface area (Å²) in [5, 5.41) is 10.7. The number of aliphatic hydroxyl groups excluding tert-OH is 1. The normalized spacial score (nSPS) is 10.9. The number of benzene rings is 3. The van der Waals surface area contributed by atoms with Gasteiger partial charge in [0, 0.05) is 29.5 Å². The highest BCUT2D eigenvalue weighted by molar-refractivity contribution is 5.99. The summed E-state index contributed by atoms with van der Waals surface area (Å²) in [5.41, 5.74) is 13.7.